The predicted octanol–water partition coefficient (Wildman–Crippen LogP) is 3.79. The molecule has 2 N–H and O–H groups in total. The molecule has 0 radical (unpaired) electrons. The highest BCUT2D eigenvalue weighted by Crippen LogP contribution is 2.30. The van der Waals surface area contributed by atoms with Crippen molar-refractivity contribution in [1.82, 2.24) is 4.72 Å². The normalized spacial score (nSPS) is 13.4. The second kappa shape index (κ2) is 8.27. The number of halogens is 4. The zero-order valence-corrected chi connectivity index (χ0v) is 15.7. The second-order valence-corrected chi connectivity index (χ2v) is 8.02. The van der Waals surface area contributed by atoms with Gasteiger partial charge in [0.25, 0.3) is 0 Å². The molecule has 5 nitrogen and oxygen atoms in total. The Balaban J connectivity index is 2.25. The molecule has 0 fully saturated rings. The molecule has 0 spiro atoms. The molecule has 2 aromatic carbocycles. The molecule has 1 amide bonds. The van der Waals surface area contributed by atoms with Crippen LogP contribution in [-0.4, -0.2) is 20.4 Å². The number of hydrogen-bond acceptors (Lipinski definition) is 3. The summed E-state index contributed by atoms with van der Waals surface area (Å²) in [7, 11) is -4.37. The van der Waals surface area contributed by atoms with Crippen LogP contribution in [0.2, 0.25) is 0 Å². The summed E-state index contributed by atoms with van der Waals surface area (Å²) in [4.78, 5) is 11.9. The van der Waals surface area contributed by atoms with Crippen LogP contribution in [0.3, 0.4) is 0 Å². The maximum Gasteiger partial charge on any atom is 0.416 e. The van der Waals surface area contributed by atoms with Crippen LogP contribution in [0, 0.1) is 11.7 Å². The number of amides is 1. The Labute approximate surface area is 159 Å². The Bertz CT molecular complexity index is 959. The Morgan fingerprint density at radius 2 is 1.68 bits per heavy atom. The molecule has 0 aromatic heterocycles. The number of hydrogen-bond donors (Lipinski definition) is 2. The fourth-order valence-corrected chi connectivity index (χ4v) is 3.80. The van der Waals surface area contributed by atoms with Crippen LogP contribution >= 0.6 is 0 Å². The number of anilines is 1. The zero-order valence-electron chi connectivity index (χ0n) is 14.9. The van der Waals surface area contributed by atoms with Gasteiger partial charge in [-0.3, -0.25) is 4.79 Å². The largest absolute Gasteiger partial charge is 0.416 e. The smallest absolute Gasteiger partial charge is 0.325 e. The van der Waals surface area contributed by atoms with Crippen LogP contribution in [0.25, 0.3) is 0 Å². The fraction of sp³-hybridized carbons (Fsp3) is 0.278. The summed E-state index contributed by atoms with van der Waals surface area (Å²) in [5.74, 6) is -2.42. The van der Waals surface area contributed by atoms with Gasteiger partial charge in [0.2, 0.25) is 15.9 Å². The second-order valence-electron chi connectivity index (χ2n) is 6.34. The maximum atomic E-state index is 13.8. The molecule has 0 bridgehead atoms. The third-order valence-electron chi connectivity index (χ3n) is 3.81. The molecule has 10 heteroatoms. The minimum Gasteiger partial charge on any atom is -0.325 e. The Hall–Kier alpha value is -2.46. The van der Waals surface area contributed by atoms with Crippen molar-refractivity contribution in [2.75, 3.05) is 5.32 Å². The van der Waals surface area contributed by atoms with Crippen molar-refractivity contribution in [3.63, 3.8) is 0 Å². The molecule has 0 saturated heterocycles. The summed E-state index contributed by atoms with van der Waals surface area (Å²) in [6.07, 6.45) is -4.59. The molecule has 152 valence electrons. The van der Waals surface area contributed by atoms with E-state index in [0.29, 0.717) is 0 Å². The van der Waals surface area contributed by atoms with Gasteiger partial charge in [-0.15, -0.1) is 0 Å². The van der Waals surface area contributed by atoms with Crippen molar-refractivity contribution in [2.24, 2.45) is 5.92 Å². The summed E-state index contributed by atoms with van der Waals surface area (Å²) in [5, 5.41) is 2.26. The van der Waals surface area contributed by atoms with E-state index in [1.165, 1.54) is 18.2 Å². The van der Waals surface area contributed by atoms with Gasteiger partial charge in [0.05, 0.1) is 5.56 Å². The SMILES string of the molecule is CC(C)C(NS(=O)(=O)c1ccccc1F)C(=O)Nc1cccc(C(F)(F)F)c1. The lowest BCUT2D eigenvalue weighted by Crippen LogP contribution is -2.47. The van der Waals surface area contributed by atoms with E-state index >= 15 is 0 Å². The Kier molecular flexibility index (Phi) is 6.45. The van der Waals surface area contributed by atoms with Gasteiger partial charge in [0, 0.05) is 5.69 Å². The van der Waals surface area contributed by atoms with Crippen molar-refractivity contribution in [3.8, 4) is 0 Å². The number of carbonyl (C=O) groups is 1. The maximum absolute atomic E-state index is 13.8. The number of carbonyl (C=O) groups excluding carboxylic acids is 1. The van der Waals surface area contributed by atoms with E-state index in [9.17, 15) is 30.8 Å². The fourth-order valence-electron chi connectivity index (χ4n) is 2.38. The van der Waals surface area contributed by atoms with Crippen molar-refractivity contribution in [2.45, 2.75) is 31.0 Å². The molecule has 0 aliphatic heterocycles. The highest BCUT2D eigenvalue weighted by Gasteiger charge is 2.32. The quantitative estimate of drug-likeness (QED) is 0.701. The van der Waals surface area contributed by atoms with Crippen molar-refractivity contribution in [1.29, 1.82) is 0 Å². The molecular formula is C18H18F4N2O3S. The first-order chi connectivity index (χ1) is 12.9. The van der Waals surface area contributed by atoms with E-state index in [-0.39, 0.29) is 5.69 Å². The predicted molar refractivity (Wildman–Crippen MR) is 95.4 cm³/mol. The van der Waals surface area contributed by atoms with Gasteiger partial charge in [0.15, 0.2) is 0 Å². The molecule has 0 aliphatic carbocycles. The van der Waals surface area contributed by atoms with Gasteiger partial charge in [-0.1, -0.05) is 32.0 Å². The summed E-state index contributed by atoms with van der Waals surface area (Å²) in [6.45, 7) is 3.08. The van der Waals surface area contributed by atoms with Gasteiger partial charge in [0.1, 0.15) is 16.8 Å². The van der Waals surface area contributed by atoms with Gasteiger partial charge in [-0.2, -0.15) is 17.9 Å². The van der Waals surface area contributed by atoms with Crippen molar-refractivity contribution >= 4 is 21.6 Å². The lowest BCUT2D eigenvalue weighted by Gasteiger charge is -2.22. The monoisotopic (exact) mass is 418 g/mol. The minimum absolute atomic E-state index is 0.143. The van der Waals surface area contributed by atoms with E-state index in [1.54, 1.807) is 13.8 Å². The van der Waals surface area contributed by atoms with Crippen LogP contribution in [0.4, 0.5) is 23.2 Å². The van der Waals surface area contributed by atoms with Gasteiger partial charge in [-0.25, -0.2) is 12.8 Å². The number of benzene rings is 2. The standard InChI is InChI=1S/C18H18F4N2O3S/c1-11(2)16(24-28(26,27)15-9-4-3-8-14(15)19)17(25)23-13-7-5-6-12(10-13)18(20,21)22/h3-11,16,24H,1-2H3,(H,23,25). The molecule has 1 atom stereocenters. The summed E-state index contributed by atoms with van der Waals surface area (Å²) in [6, 6.07) is 7.25. The van der Waals surface area contributed by atoms with Gasteiger partial charge >= 0.3 is 6.18 Å². The number of alkyl halides is 3. The first kappa shape index (κ1) is 21.8. The van der Waals surface area contributed by atoms with Crippen LogP contribution in [-0.2, 0) is 21.0 Å². The zero-order chi connectivity index (χ0) is 21.1. The van der Waals surface area contributed by atoms with E-state index in [0.717, 1.165) is 30.3 Å². The van der Waals surface area contributed by atoms with E-state index in [1.807, 2.05) is 0 Å². The molecule has 0 aliphatic rings. The van der Waals surface area contributed by atoms with Crippen LogP contribution in [0.15, 0.2) is 53.4 Å². The molecular weight excluding hydrogens is 400 g/mol. The molecule has 2 aromatic rings. The number of nitrogens with one attached hydrogen (secondary N) is 2. The number of sulfonamides is 1. The summed E-state index contributed by atoms with van der Waals surface area (Å²) >= 11 is 0. The van der Waals surface area contributed by atoms with E-state index in [2.05, 4.69) is 10.0 Å². The highest BCUT2D eigenvalue weighted by atomic mass is 32.2. The number of rotatable bonds is 6. The Morgan fingerprint density at radius 3 is 2.25 bits per heavy atom. The first-order valence-electron chi connectivity index (χ1n) is 8.17. The van der Waals surface area contributed by atoms with E-state index in [4.69, 9.17) is 0 Å². The third-order valence-corrected chi connectivity index (χ3v) is 5.29. The van der Waals surface area contributed by atoms with Crippen LogP contribution in [0.1, 0.15) is 19.4 Å². The molecule has 0 saturated carbocycles. The molecule has 1 unspecified atom stereocenters. The topological polar surface area (TPSA) is 75.3 Å². The lowest BCUT2D eigenvalue weighted by atomic mass is 10.0. The molecule has 2 rings (SSSR count). The highest BCUT2D eigenvalue weighted by molar-refractivity contribution is 7.89. The van der Waals surface area contributed by atoms with Crippen LogP contribution in [0.5, 0.6) is 0 Å². The van der Waals surface area contributed by atoms with Crippen LogP contribution < -0.4 is 10.0 Å². The van der Waals surface area contributed by atoms with Crippen molar-refractivity contribution in [3.05, 3.63) is 59.9 Å². The average Bonchev–Trinajstić information content (AvgIpc) is 2.59. The Morgan fingerprint density at radius 1 is 1.04 bits per heavy atom. The summed E-state index contributed by atoms with van der Waals surface area (Å²) < 4.78 is 79.2. The minimum atomic E-state index is -4.59. The molecule has 28 heavy (non-hydrogen) atoms. The first-order valence-corrected chi connectivity index (χ1v) is 9.65. The third kappa shape index (κ3) is 5.29. The summed E-state index contributed by atoms with van der Waals surface area (Å²) in [5.41, 5.74) is -1.10. The average molecular weight is 418 g/mol. The van der Waals surface area contributed by atoms with E-state index < -0.39 is 50.3 Å². The molecule has 0 heterocycles. The van der Waals surface area contributed by atoms with Gasteiger partial charge < -0.3 is 5.32 Å². The lowest BCUT2D eigenvalue weighted by molar-refractivity contribution is -0.137. The van der Waals surface area contributed by atoms with Crippen molar-refractivity contribution < 1.29 is 30.8 Å². The van der Waals surface area contributed by atoms with Gasteiger partial charge in [-0.05, 0) is 36.2 Å².